The third kappa shape index (κ3) is 1.40. The van der Waals surface area contributed by atoms with Crippen molar-refractivity contribution in [2.45, 2.75) is 0 Å². The van der Waals surface area contributed by atoms with Crippen molar-refractivity contribution < 1.29 is 4.39 Å². The fourth-order valence-corrected chi connectivity index (χ4v) is 1.16. The quantitative estimate of drug-likeness (QED) is 0.624. The van der Waals surface area contributed by atoms with Crippen LogP contribution >= 0.6 is 0 Å². The monoisotopic (exact) mass is 174 g/mol. The highest BCUT2D eigenvalue weighted by Crippen LogP contribution is 2.27. The van der Waals surface area contributed by atoms with E-state index in [9.17, 15) is 4.39 Å². The summed E-state index contributed by atoms with van der Waals surface area (Å²) in [4.78, 5) is 0. The third-order valence-electron chi connectivity index (χ3n) is 1.83. The topological polar surface area (TPSA) is 24.7 Å². The Morgan fingerprint density at radius 2 is 1.85 bits per heavy atom. The van der Waals surface area contributed by atoms with E-state index in [-0.39, 0.29) is 5.82 Å². The van der Waals surface area contributed by atoms with Crippen molar-refractivity contribution in [3.63, 3.8) is 0 Å². The van der Waals surface area contributed by atoms with Crippen molar-refractivity contribution in [3.8, 4) is 0 Å². The Kier molecular flexibility index (Phi) is 1.77. The van der Waals surface area contributed by atoms with E-state index in [0.29, 0.717) is 5.70 Å². The van der Waals surface area contributed by atoms with Crippen LogP contribution in [0.15, 0.2) is 53.0 Å². The molecule has 0 radical (unpaired) electrons. The first-order valence-corrected chi connectivity index (χ1v) is 3.83. The lowest BCUT2D eigenvalue weighted by Crippen LogP contribution is -1.83. The first-order valence-electron chi connectivity index (χ1n) is 3.83. The highest BCUT2D eigenvalue weighted by molar-refractivity contribution is 5.78. The smallest absolute Gasteiger partial charge is 0.123 e. The van der Waals surface area contributed by atoms with Crippen molar-refractivity contribution in [3.05, 3.63) is 54.1 Å². The van der Waals surface area contributed by atoms with E-state index >= 15 is 0 Å². The minimum absolute atomic E-state index is 0.248. The van der Waals surface area contributed by atoms with Gasteiger partial charge >= 0.3 is 0 Å². The molecule has 0 saturated heterocycles. The lowest BCUT2D eigenvalue weighted by atomic mass is 10.1. The van der Waals surface area contributed by atoms with Crippen molar-refractivity contribution in [1.29, 1.82) is 0 Å². The van der Waals surface area contributed by atoms with Gasteiger partial charge in [0.15, 0.2) is 0 Å². The van der Waals surface area contributed by atoms with Crippen LogP contribution in [0.25, 0.3) is 5.57 Å². The van der Waals surface area contributed by atoms with Crippen LogP contribution in [0.4, 0.5) is 4.39 Å². The van der Waals surface area contributed by atoms with Gasteiger partial charge in [-0.15, -0.1) is 0 Å². The maximum atomic E-state index is 12.6. The Morgan fingerprint density at radius 3 is 2.38 bits per heavy atom. The fourth-order valence-electron chi connectivity index (χ4n) is 1.16. The van der Waals surface area contributed by atoms with Crippen LogP contribution in [-0.2, 0) is 0 Å². The zero-order valence-electron chi connectivity index (χ0n) is 6.87. The van der Waals surface area contributed by atoms with Gasteiger partial charge in [-0.25, -0.2) is 4.39 Å². The first kappa shape index (κ1) is 7.86. The third-order valence-corrected chi connectivity index (χ3v) is 1.83. The van der Waals surface area contributed by atoms with Gasteiger partial charge in [0.2, 0.25) is 0 Å². The second kappa shape index (κ2) is 2.94. The summed E-state index contributed by atoms with van der Waals surface area (Å²) >= 11 is 0. The number of nitrogens with zero attached hydrogens (tertiary/aromatic N) is 2. The summed E-state index contributed by atoms with van der Waals surface area (Å²) in [5.41, 5.74) is 2.35. The molecule has 13 heavy (non-hydrogen) atoms. The number of benzene rings is 1. The Labute approximate surface area is 75.1 Å². The molecule has 2 rings (SSSR count). The Balaban J connectivity index is 2.38. The number of hydrogen-bond donors (Lipinski definition) is 0. The van der Waals surface area contributed by atoms with Gasteiger partial charge in [-0.3, -0.25) is 0 Å². The molecule has 0 aromatic heterocycles. The summed E-state index contributed by atoms with van der Waals surface area (Å²) in [6, 6.07) is 6.18. The fraction of sp³-hybridized carbons (Fsp3) is 0. The molecule has 3 heteroatoms. The molecule has 0 fully saturated rings. The molecule has 0 unspecified atom stereocenters. The van der Waals surface area contributed by atoms with Gasteiger partial charge in [0.05, 0.1) is 11.9 Å². The maximum absolute atomic E-state index is 12.6. The van der Waals surface area contributed by atoms with Gasteiger partial charge in [0, 0.05) is 5.57 Å². The molecule has 1 aromatic rings. The first-order chi connectivity index (χ1) is 6.27. The van der Waals surface area contributed by atoms with Gasteiger partial charge in [-0.05, 0) is 17.7 Å². The highest BCUT2D eigenvalue weighted by atomic mass is 19.1. The molecule has 0 bridgehead atoms. The Bertz CT molecular complexity index is 401. The average molecular weight is 174 g/mol. The van der Waals surface area contributed by atoms with E-state index in [0.717, 1.165) is 11.1 Å². The van der Waals surface area contributed by atoms with Gasteiger partial charge in [-0.2, -0.15) is 10.2 Å². The zero-order chi connectivity index (χ0) is 9.26. The molecule has 0 spiro atoms. The van der Waals surface area contributed by atoms with Crippen LogP contribution in [0.1, 0.15) is 5.56 Å². The van der Waals surface area contributed by atoms with Gasteiger partial charge < -0.3 is 0 Å². The minimum atomic E-state index is -0.248. The molecule has 0 saturated carbocycles. The van der Waals surface area contributed by atoms with Crippen LogP contribution < -0.4 is 0 Å². The van der Waals surface area contributed by atoms with E-state index in [1.807, 2.05) is 0 Å². The molecule has 1 heterocycles. The molecule has 0 amide bonds. The minimum Gasteiger partial charge on any atom is -0.207 e. The molecule has 0 atom stereocenters. The van der Waals surface area contributed by atoms with Crippen LogP contribution in [0.2, 0.25) is 0 Å². The summed E-state index contributed by atoms with van der Waals surface area (Å²) in [5, 5.41) is 7.47. The number of rotatable bonds is 1. The largest absolute Gasteiger partial charge is 0.207 e. The summed E-state index contributed by atoms with van der Waals surface area (Å²) in [6.45, 7) is 3.71. The Hall–Kier alpha value is -1.77. The van der Waals surface area contributed by atoms with E-state index < -0.39 is 0 Å². The molecule has 0 N–H and O–H groups in total. The molecular weight excluding hydrogens is 167 g/mol. The van der Waals surface area contributed by atoms with Gasteiger partial charge in [0.1, 0.15) is 5.82 Å². The Morgan fingerprint density at radius 1 is 1.15 bits per heavy atom. The maximum Gasteiger partial charge on any atom is 0.123 e. The summed E-state index contributed by atoms with van der Waals surface area (Å²) in [6.07, 6.45) is 1.62. The van der Waals surface area contributed by atoms with E-state index in [1.165, 1.54) is 12.1 Å². The molecule has 64 valence electrons. The SMILES string of the molecule is C=C1N=NC=C1c1ccc(F)cc1. The standard InChI is InChI=1S/C10H7FN2/c1-7-10(6-12-13-7)8-2-4-9(11)5-3-8/h2-6H,1H2. The average Bonchev–Trinajstić information content (AvgIpc) is 2.53. The molecule has 1 aliphatic heterocycles. The van der Waals surface area contributed by atoms with Crippen molar-refractivity contribution >= 4 is 5.57 Å². The predicted octanol–water partition coefficient (Wildman–Crippen LogP) is 3.15. The summed E-state index contributed by atoms with van der Waals surface area (Å²) < 4.78 is 12.6. The normalized spacial score (nSPS) is 14.8. The zero-order valence-corrected chi connectivity index (χ0v) is 6.87. The van der Waals surface area contributed by atoms with Crippen molar-refractivity contribution in [2.75, 3.05) is 0 Å². The lowest BCUT2D eigenvalue weighted by Gasteiger charge is -2.00. The van der Waals surface area contributed by atoms with Gasteiger partial charge in [0.25, 0.3) is 0 Å². The molecule has 2 nitrogen and oxygen atoms in total. The summed E-state index contributed by atoms with van der Waals surface area (Å²) in [5.74, 6) is -0.248. The van der Waals surface area contributed by atoms with Crippen LogP contribution in [0.3, 0.4) is 0 Å². The predicted molar refractivity (Wildman–Crippen MR) is 48.4 cm³/mol. The van der Waals surface area contributed by atoms with Crippen molar-refractivity contribution in [1.82, 2.24) is 0 Å². The molecule has 1 aliphatic rings. The second-order valence-electron chi connectivity index (χ2n) is 2.71. The number of azo groups is 1. The van der Waals surface area contributed by atoms with Crippen molar-refractivity contribution in [2.24, 2.45) is 10.2 Å². The summed E-state index contributed by atoms with van der Waals surface area (Å²) in [7, 11) is 0. The second-order valence-corrected chi connectivity index (χ2v) is 2.71. The van der Waals surface area contributed by atoms with E-state index in [4.69, 9.17) is 0 Å². The molecule has 1 aromatic carbocycles. The number of hydrogen-bond acceptors (Lipinski definition) is 2. The number of halogens is 1. The molecule has 0 aliphatic carbocycles. The lowest BCUT2D eigenvalue weighted by molar-refractivity contribution is 0.627. The van der Waals surface area contributed by atoms with Crippen LogP contribution in [-0.4, -0.2) is 0 Å². The van der Waals surface area contributed by atoms with Crippen LogP contribution in [0.5, 0.6) is 0 Å². The van der Waals surface area contributed by atoms with Crippen LogP contribution in [0, 0.1) is 5.82 Å². The molecular formula is C10H7FN2. The highest BCUT2D eigenvalue weighted by Gasteiger charge is 2.09. The van der Waals surface area contributed by atoms with E-state index in [2.05, 4.69) is 16.8 Å². The van der Waals surface area contributed by atoms with Gasteiger partial charge in [-0.1, -0.05) is 18.7 Å². The van der Waals surface area contributed by atoms with E-state index in [1.54, 1.807) is 18.3 Å². The number of allylic oxidation sites excluding steroid dienone is 1.